The zero-order valence-corrected chi connectivity index (χ0v) is 12.2. The second-order valence-electron chi connectivity index (χ2n) is 6.20. The van der Waals surface area contributed by atoms with E-state index in [-0.39, 0.29) is 0 Å². The summed E-state index contributed by atoms with van der Waals surface area (Å²) >= 11 is 0. The Balaban J connectivity index is 1.83. The molecule has 2 rings (SSSR count). The molecule has 0 saturated carbocycles. The van der Waals surface area contributed by atoms with Gasteiger partial charge in [-0.1, -0.05) is 30.3 Å². The Morgan fingerprint density at radius 1 is 1.00 bits per heavy atom. The molecule has 0 unspecified atom stereocenters. The van der Waals surface area contributed by atoms with Crippen molar-refractivity contribution >= 4 is 0 Å². The molecule has 106 valence electrons. The third-order valence-corrected chi connectivity index (χ3v) is 3.54. The first kappa shape index (κ1) is 14.5. The molecule has 1 aromatic carbocycles. The van der Waals surface area contributed by atoms with Crippen LogP contribution in [0.15, 0.2) is 30.3 Å². The average molecular weight is 262 g/mol. The summed E-state index contributed by atoms with van der Waals surface area (Å²) in [6, 6.07) is 10.7. The van der Waals surface area contributed by atoms with E-state index in [0.29, 0.717) is 0 Å². The molecule has 0 aromatic heterocycles. The molecule has 0 atom stereocenters. The van der Waals surface area contributed by atoms with Crippen LogP contribution in [-0.4, -0.2) is 53.2 Å². The van der Waals surface area contributed by atoms with Gasteiger partial charge in [0.15, 0.2) is 0 Å². The molecular formula is C16H26N2O. The van der Waals surface area contributed by atoms with Gasteiger partial charge in [-0.3, -0.25) is 9.80 Å². The molecule has 19 heavy (non-hydrogen) atoms. The van der Waals surface area contributed by atoms with Crippen LogP contribution < -0.4 is 0 Å². The van der Waals surface area contributed by atoms with Gasteiger partial charge >= 0.3 is 0 Å². The standard InChI is InChI=1S/C16H26N2O/c1-16(2,19)14-18-10-6-9-17(11-12-18)13-15-7-4-3-5-8-15/h3-5,7-8,19H,6,9-14H2,1-2H3. The van der Waals surface area contributed by atoms with Crippen LogP contribution in [0.3, 0.4) is 0 Å². The minimum absolute atomic E-state index is 0.589. The first-order chi connectivity index (χ1) is 9.03. The molecule has 0 bridgehead atoms. The summed E-state index contributed by atoms with van der Waals surface area (Å²) in [6.45, 7) is 9.97. The highest BCUT2D eigenvalue weighted by Crippen LogP contribution is 2.11. The van der Waals surface area contributed by atoms with E-state index >= 15 is 0 Å². The lowest BCUT2D eigenvalue weighted by molar-refractivity contribution is 0.0374. The second kappa shape index (κ2) is 6.51. The first-order valence-corrected chi connectivity index (χ1v) is 7.24. The molecule has 0 amide bonds. The number of rotatable bonds is 4. The Labute approximate surface area is 116 Å². The Morgan fingerprint density at radius 2 is 1.63 bits per heavy atom. The Kier molecular flexibility index (Phi) is 4.97. The van der Waals surface area contributed by atoms with Crippen LogP contribution in [-0.2, 0) is 6.54 Å². The van der Waals surface area contributed by atoms with Crippen molar-refractivity contribution in [2.75, 3.05) is 32.7 Å². The normalized spacial score (nSPS) is 19.3. The minimum Gasteiger partial charge on any atom is -0.389 e. The lowest BCUT2D eigenvalue weighted by Gasteiger charge is -2.27. The molecule has 1 aliphatic rings. The molecule has 3 heteroatoms. The number of benzene rings is 1. The second-order valence-corrected chi connectivity index (χ2v) is 6.20. The van der Waals surface area contributed by atoms with Gasteiger partial charge in [-0.25, -0.2) is 0 Å². The van der Waals surface area contributed by atoms with E-state index in [4.69, 9.17) is 0 Å². The Morgan fingerprint density at radius 3 is 2.32 bits per heavy atom. The van der Waals surface area contributed by atoms with E-state index in [1.807, 2.05) is 13.8 Å². The van der Waals surface area contributed by atoms with Crippen LogP contribution in [0.25, 0.3) is 0 Å². The Bertz CT molecular complexity index is 372. The fourth-order valence-electron chi connectivity index (χ4n) is 2.73. The summed E-state index contributed by atoms with van der Waals surface area (Å²) in [7, 11) is 0. The van der Waals surface area contributed by atoms with Gasteiger partial charge in [0.1, 0.15) is 0 Å². The highest BCUT2D eigenvalue weighted by atomic mass is 16.3. The largest absolute Gasteiger partial charge is 0.389 e. The zero-order valence-electron chi connectivity index (χ0n) is 12.2. The SMILES string of the molecule is CC(C)(O)CN1CCCN(Cc2ccccc2)CC1. The number of hydrogen-bond donors (Lipinski definition) is 1. The first-order valence-electron chi connectivity index (χ1n) is 7.24. The molecule has 1 saturated heterocycles. The fraction of sp³-hybridized carbons (Fsp3) is 0.625. The molecule has 0 radical (unpaired) electrons. The maximum Gasteiger partial charge on any atom is 0.0718 e. The summed E-state index contributed by atoms with van der Waals surface area (Å²) < 4.78 is 0. The van der Waals surface area contributed by atoms with Crippen LogP contribution in [0.1, 0.15) is 25.8 Å². The van der Waals surface area contributed by atoms with E-state index in [9.17, 15) is 5.11 Å². The molecule has 0 aliphatic carbocycles. The van der Waals surface area contributed by atoms with E-state index in [1.165, 1.54) is 12.0 Å². The summed E-state index contributed by atoms with van der Waals surface area (Å²) in [6.07, 6.45) is 1.18. The molecule has 1 aromatic rings. The summed E-state index contributed by atoms with van der Waals surface area (Å²) in [5.74, 6) is 0. The molecule has 1 heterocycles. The van der Waals surface area contributed by atoms with Gasteiger partial charge in [-0.05, 0) is 38.9 Å². The van der Waals surface area contributed by atoms with Crippen LogP contribution in [0.4, 0.5) is 0 Å². The zero-order chi connectivity index (χ0) is 13.7. The van der Waals surface area contributed by atoms with Gasteiger partial charge in [-0.15, -0.1) is 0 Å². The van der Waals surface area contributed by atoms with Gasteiger partial charge in [0.25, 0.3) is 0 Å². The van der Waals surface area contributed by atoms with E-state index in [2.05, 4.69) is 40.1 Å². The third-order valence-electron chi connectivity index (χ3n) is 3.54. The van der Waals surface area contributed by atoms with Crippen molar-refractivity contribution in [3.8, 4) is 0 Å². The topological polar surface area (TPSA) is 26.7 Å². The van der Waals surface area contributed by atoms with Crippen molar-refractivity contribution < 1.29 is 5.11 Å². The predicted molar refractivity (Wildman–Crippen MR) is 79.1 cm³/mol. The fourth-order valence-corrected chi connectivity index (χ4v) is 2.73. The number of β-amino-alcohol motifs (C(OH)–C–C–N with tert-alkyl or cyclic N) is 1. The number of nitrogens with zero attached hydrogens (tertiary/aromatic N) is 2. The van der Waals surface area contributed by atoms with Crippen molar-refractivity contribution in [2.24, 2.45) is 0 Å². The monoisotopic (exact) mass is 262 g/mol. The van der Waals surface area contributed by atoms with Crippen molar-refractivity contribution in [3.05, 3.63) is 35.9 Å². The highest BCUT2D eigenvalue weighted by Gasteiger charge is 2.21. The smallest absolute Gasteiger partial charge is 0.0718 e. The van der Waals surface area contributed by atoms with Gasteiger partial charge < -0.3 is 5.11 Å². The highest BCUT2D eigenvalue weighted by molar-refractivity contribution is 5.14. The summed E-state index contributed by atoms with van der Waals surface area (Å²) in [4.78, 5) is 4.89. The molecule has 1 N–H and O–H groups in total. The molecule has 1 aliphatic heterocycles. The summed E-state index contributed by atoms with van der Waals surface area (Å²) in [5, 5.41) is 9.91. The molecule has 1 fully saturated rings. The molecule has 0 spiro atoms. The average Bonchev–Trinajstić information content (AvgIpc) is 2.54. The van der Waals surface area contributed by atoms with Crippen LogP contribution in [0.5, 0.6) is 0 Å². The quantitative estimate of drug-likeness (QED) is 0.898. The van der Waals surface area contributed by atoms with E-state index in [0.717, 1.165) is 39.3 Å². The maximum absolute atomic E-state index is 9.91. The minimum atomic E-state index is -0.589. The van der Waals surface area contributed by atoms with E-state index in [1.54, 1.807) is 0 Å². The van der Waals surface area contributed by atoms with Crippen LogP contribution in [0, 0.1) is 0 Å². The van der Waals surface area contributed by atoms with Gasteiger partial charge in [0.05, 0.1) is 5.60 Å². The van der Waals surface area contributed by atoms with Gasteiger partial charge in [0, 0.05) is 26.2 Å². The van der Waals surface area contributed by atoms with Crippen LogP contribution >= 0.6 is 0 Å². The van der Waals surface area contributed by atoms with Crippen molar-refractivity contribution in [2.45, 2.75) is 32.4 Å². The van der Waals surface area contributed by atoms with Crippen molar-refractivity contribution in [3.63, 3.8) is 0 Å². The number of aliphatic hydroxyl groups is 1. The Hall–Kier alpha value is -0.900. The van der Waals surface area contributed by atoms with Gasteiger partial charge in [-0.2, -0.15) is 0 Å². The maximum atomic E-state index is 9.91. The predicted octanol–water partition coefficient (Wildman–Crippen LogP) is 1.97. The lowest BCUT2D eigenvalue weighted by atomic mass is 10.1. The van der Waals surface area contributed by atoms with Crippen molar-refractivity contribution in [1.82, 2.24) is 9.80 Å². The lowest BCUT2D eigenvalue weighted by Crippen LogP contribution is -2.40. The summed E-state index contributed by atoms with van der Waals surface area (Å²) in [5.41, 5.74) is 0.799. The number of hydrogen-bond acceptors (Lipinski definition) is 3. The van der Waals surface area contributed by atoms with Crippen molar-refractivity contribution in [1.29, 1.82) is 0 Å². The van der Waals surface area contributed by atoms with Crippen LogP contribution in [0.2, 0.25) is 0 Å². The third kappa shape index (κ3) is 5.31. The molecule has 3 nitrogen and oxygen atoms in total. The van der Waals surface area contributed by atoms with Gasteiger partial charge in [0.2, 0.25) is 0 Å². The molecular weight excluding hydrogens is 236 g/mol. The van der Waals surface area contributed by atoms with E-state index < -0.39 is 5.60 Å².